The van der Waals surface area contributed by atoms with Crippen LogP contribution in [0.15, 0.2) is 72.9 Å². The molecule has 4 aromatic rings. The predicted octanol–water partition coefficient (Wildman–Crippen LogP) is 6.20. The highest BCUT2D eigenvalue weighted by molar-refractivity contribution is 6.34. The van der Waals surface area contributed by atoms with Gasteiger partial charge in [0.25, 0.3) is 5.91 Å². The van der Waals surface area contributed by atoms with Crippen LogP contribution < -0.4 is 16.0 Å². The number of amides is 2. The summed E-state index contributed by atoms with van der Waals surface area (Å²) in [4.78, 5) is 32.6. The maximum Gasteiger partial charge on any atom is 0.260 e. The normalized spacial score (nSPS) is 10.5. The number of hydrogen-bond donors (Lipinski definition) is 3. The third-order valence-corrected chi connectivity index (χ3v) is 5.24. The van der Waals surface area contributed by atoms with Crippen LogP contribution in [0.3, 0.4) is 0 Å². The molecule has 4 rings (SSSR count). The van der Waals surface area contributed by atoms with Crippen molar-refractivity contribution in [3.8, 4) is 11.3 Å². The zero-order valence-electron chi connectivity index (χ0n) is 18.9. The second-order valence-corrected chi connectivity index (χ2v) is 8.19. The predicted molar refractivity (Wildman–Crippen MR) is 136 cm³/mol. The molecule has 0 fully saturated rings. The van der Waals surface area contributed by atoms with Crippen molar-refractivity contribution in [1.29, 1.82) is 0 Å². The van der Waals surface area contributed by atoms with Gasteiger partial charge in [-0.25, -0.2) is 14.4 Å². The van der Waals surface area contributed by atoms with Crippen LogP contribution in [-0.4, -0.2) is 21.8 Å². The smallest absolute Gasteiger partial charge is 0.260 e. The molecule has 0 saturated heterocycles. The lowest BCUT2D eigenvalue weighted by atomic mass is 10.1. The lowest BCUT2D eigenvalue weighted by molar-refractivity contribution is -0.114. The van der Waals surface area contributed by atoms with Crippen LogP contribution in [0.2, 0.25) is 5.02 Å². The fraction of sp³-hybridized carbons (Fsp3) is 0.0769. The lowest BCUT2D eigenvalue weighted by Crippen LogP contribution is -2.14. The van der Waals surface area contributed by atoms with E-state index in [2.05, 4.69) is 25.9 Å². The summed E-state index contributed by atoms with van der Waals surface area (Å²) in [5.41, 5.74) is 3.71. The van der Waals surface area contributed by atoms with Crippen LogP contribution in [0.4, 0.5) is 27.4 Å². The topological polar surface area (TPSA) is 96.0 Å². The van der Waals surface area contributed by atoms with Gasteiger partial charge >= 0.3 is 0 Å². The molecule has 0 atom stereocenters. The number of nitrogens with zero attached hydrogens (tertiary/aromatic N) is 2. The van der Waals surface area contributed by atoms with Gasteiger partial charge in [0.1, 0.15) is 5.82 Å². The number of nitrogens with one attached hydrogen (secondary N) is 3. The lowest BCUT2D eigenvalue weighted by Gasteiger charge is -2.11. The molecule has 2 amide bonds. The zero-order chi connectivity index (χ0) is 24.9. The van der Waals surface area contributed by atoms with Crippen LogP contribution in [0, 0.1) is 12.7 Å². The number of hydrogen-bond acceptors (Lipinski definition) is 5. The molecule has 0 aliphatic carbocycles. The van der Waals surface area contributed by atoms with Crippen molar-refractivity contribution in [2.24, 2.45) is 0 Å². The molecule has 0 radical (unpaired) electrons. The molecule has 1 heterocycles. The fourth-order valence-corrected chi connectivity index (χ4v) is 3.77. The van der Waals surface area contributed by atoms with Crippen LogP contribution in [0.1, 0.15) is 22.8 Å². The van der Waals surface area contributed by atoms with Crippen LogP contribution in [0.5, 0.6) is 0 Å². The molecule has 0 aliphatic rings. The van der Waals surface area contributed by atoms with Crippen molar-refractivity contribution >= 4 is 46.4 Å². The second kappa shape index (κ2) is 10.3. The molecule has 176 valence electrons. The third-order valence-electron chi connectivity index (χ3n) is 4.95. The van der Waals surface area contributed by atoms with E-state index in [9.17, 15) is 14.0 Å². The summed E-state index contributed by atoms with van der Waals surface area (Å²) < 4.78 is 14.3. The van der Waals surface area contributed by atoms with Gasteiger partial charge in [-0.05, 0) is 61.0 Å². The van der Waals surface area contributed by atoms with Gasteiger partial charge in [0.2, 0.25) is 11.9 Å². The van der Waals surface area contributed by atoms with E-state index in [0.29, 0.717) is 34.3 Å². The number of carbonyl (C=O) groups excluding carboxylic acids is 2. The summed E-state index contributed by atoms with van der Waals surface area (Å²) in [6, 6.07) is 18.7. The van der Waals surface area contributed by atoms with E-state index in [0.717, 1.165) is 5.56 Å². The van der Waals surface area contributed by atoms with Crippen molar-refractivity contribution in [1.82, 2.24) is 9.97 Å². The molecule has 0 unspecified atom stereocenters. The average molecular weight is 490 g/mol. The Kier molecular flexibility index (Phi) is 7.03. The molecule has 35 heavy (non-hydrogen) atoms. The van der Waals surface area contributed by atoms with Crippen molar-refractivity contribution in [3.63, 3.8) is 0 Å². The van der Waals surface area contributed by atoms with Gasteiger partial charge in [-0.3, -0.25) is 9.59 Å². The highest BCUT2D eigenvalue weighted by Crippen LogP contribution is 2.25. The first kappa shape index (κ1) is 23.8. The molecule has 3 N–H and O–H groups in total. The summed E-state index contributed by atoms with van der Waals surface area (Å²) in [6.45, 7) is 3.15. The Labute approximate surface area is 206 Å². The summed E-state index contributed by atoms with van der Waals surface area (Å²) in [6.07, 6.45) is 1.63. The highest BCUT2D eigenvalue weighted by atomic mass is 35.5. The number of aromatic nitrogens is 2. The summed E-state index contributed by atoms with van der Waals surface area (Å²) in [7, 11) is 0. The average Bonchev–Trinajstić information content (AvgIpc) is 2.79. The van der Waals surface area contributed by atoms with Gasteiger partial charge in [-0.15, -0.1) is 0 Å². The van der Waals surface area contributed by atoms with Gasteiger partial charge in [0, 0.05) is 35.7 Å². The number of rotatable bonds is 6. The van der Waals surface area contributed by atoms with E-state index in [4.69, 9.17) is 11.6 Å². The maximum absolute atomic E-state index is 14.3. The van der Waals surface area contributed by atoms with Crippen molar-refractivity contribution in [3.05, 3.63) is 94.9 Å². The molecule has 0 saturated carbocycles. The number of anilines is 4. The van der Waals surface area contributed by atoms with Crippen molar-refractivity contribution in [2.45, 2.75) is 13.8 Å². The minimum absolute atomic E-state index is 0.0459. The Morgan fingerprint density at radius 1 is 0.914 bits per heavy atom. The van der Waals surface area contributed by atoms with E-state index < -0.39 is 11.7 Å². The van der Waals surface area contributed by atoms with Gasteiger partial charge in [0.05, 0.1) is 16.3 Å². The van der Waals surface area contributed by atoms with Crippen molar-refractivity contribution < 1.29 is 14.0 Å². The molecule has 3 aromatic carbocycles. The minimum Gasteiger partial charge on any atom is -0.326 e. The van der Waals surface area contributed by atoms with Gasteiger partial charge in [-0.1, -0.05) is 29.8 Å². The van der Waals surface area contributed by atoms with Crippen molar-refractivity contribution in [2.75, 3.05) is 16.0 Å². The summed E-state index contributed by atoms with van der Waals surface area (Å²) >= 11 is 6.08. The van der Waals surface area contributed by atoms with Crippen LogP contribution in [0.25, 0.3) is 11.3 Å². The monoisotopic (exact) mass is 489 g/mol. The Morgan fingerprint density at radius 3 is 2.37 bits per heavy atom. The van der Waals surface area contributed by atoms with E-state index >= 15 is 0 Å². The number of aryl methyl sites for hydroxylation is 1. The summed E-state index contributed by atoms with van der Waals surface area (Å²) in [5, 5.41) is 8.54. The van der Waals surface area contributed by atoms with E-state index in [1.807, 2.05) is 12.1 Å². The quantitative estimate of drug-likeness (QED) is 0.300. The maximum atomic E-state index is 14.3. The highest BCUT2D eigenvalue weighted by Gasteiger charge is 2.17. The van der Waals surface area contributed by atoms with E-state index in [1.54, 1.807) is 55.6 Å². The number of carbonyl (C=O) groups is 2. The van der Waals surface area contributed by atoms with Gasteiger partial charge < -0.3 is 16.0 Å². The standard InChI is InChI=1S/C26H21ClFN5O2/c1-15-12-21(27)24(22(28)13-15)25(35)31-19-4-3-5-20(14-19)32-26-29-11-10-23(33-26)17-6-8-18(9-7-17)30-16(2)34/h3-14H,1-2H3,(H,30,34)(H,31,35)(H,29,32,33). The SMILES string of the molecule is CC(=O)Nc1ccc(-c2ccnc(Nc3cccc(NC(=O)c4c(F)cc(C)cc4Cl)c3)n2)cc1. The molecule has 0 spiro atoms. The molecule has 7 nitrogen and oxygen atoms in total. The number of benzene rings is 3. The fourth-order valence-electron chi connectivity index (χ4n) is 3.42. The molecule has 9 heteroatoms. The largest absolute Gasteiger partial charge is 0.326 e. The first-order chi connectivity index (χ1) is 16.8. The third kappa shape index (κ3) is 5.99. The first-order valence-electron chi connectivity index (χ1n) is 10.6. The minimum atomic E-state index is -0.683. The molecule has 0 bridgehead atoms. The molecular weight excluding hydrogens is 469 g/mol. The van der Waals surface area contributed by atoms with Crippen LogP contribution >= 0.6 is 11.6 Å². The zero-order valence-corrected chi connectivity index (χ0v) is 19.7. The van der Waals surface area contributed by atoms with E-state index in [1.165, 1.54) is 19.1 Å². The van der Waals surface area contributed by atoms with Gasteiger partial charge in [-0.2, -0.15) is 0 Å². The molecule has 0 aliphatic heterocycles. The number of halogens is 2. The molecule has 1 aromatic heterocycles. The Hall–Kier alpha value is -4.30. The first-order valence-corrected chi connectivity index (χ1v) is 11.0. The van der Waals surface area contributed by atoms with Crippen LogP contribution in [-0.2, 0) is 4.79 Å². The van der Waals surface area contributed by atoms with E-state index in [-0.39, 0.29) is 16.5 Å². The molecular formula is C26H21ClFN5O2. The second-order valence-electron chi connectivity index (χ2n) is 7.79. The summed E-state index contributed by atoms with van der Waals surface area (Å²) in [5.74, 6) is -1.12. The Bertz CT molecular complexity index is 1390. The van der Waals surface area contributed by atoms with Gasteiger partial charge in [0.15, 0.2) is 0 Å². The Balaban J connectivity index is 1.49. The Morgan fingerprint density at radius 2 is 1.66 bits per heavy atom.